The van der Waals surface area contributed by atoms with Crippen LogP contribution in [-0.2, 0) is 7.05 Å². The molecule has 0 saturated heterocycles. The molecule has 0 spiro atoms. The van der Waals surface area contributed by atoms with Crippen molar-refractivity contribution < 1.29 is 9.90 Å². The van der Waals surface area contributed by atoms with Crippen LogP contribution in [0.25, 0.3) is 11.6 Å². The Morgan fingerprint density at radius 3 is 2.82 bits per heavy atom. The number of carbonyl (C=O) groups is 1. The summed E-state index contributed by atoms with van der Waals surface area (Å²) in [6.45, 7) is 0. The van der Waals surface area contributed by atoms with E-state index < -0.39 is 22.9 Å². The lowest BCUT2D eigenvalue weighted by Crippen LogP contribution is -2.20. The number of aryl methyl sites for hydroxylation is 1. The second-order valence-corrected chi connectivity index (χ2v) is 3.34. The highest BCUT2D eigenvalue weighted by atomic mass is 16.3. The van der Waals surface area contributed by atoms with Gasteiger partial charge < -0.3 is 20.4 Å². The van der Waals surface area contributed by atoms with E-state index in [4.69, 9.17) is 5.73 Å². The third-order valence-electron chi connectivity index (χ3n) is 2.16. The topological polar surface area (TPSA) is 127 Å². The number of H-pyrrole nitrogens is 1. The van der Waals surface area contributed by atoms with Gasteiger partial charge in [0.05, 0.1) is 0 Å². The quantitative estimate of drug-likeness (QED) is 0.613. The Morgan fingerprint density at radius 1 is 1.59 bits per heavy atom. The van der Waals surface area contributed by atoms with Crippen LogP contribution >= 0.6 is 0 Å². The number of nitrogens with zero attached hydrogens (tertiary/aromatic N) is 3. The molecule has 8 heteroatoms. The van der Waals surface area contributed by atoms with Crippen molar-refractivity contribution in [3.8, 4) is 17.4 Å². The number of rotatable bonds is 2. The zero-order valence-corrected chi connectivity index (χ0v) is 8.84. The van der Waals surface area contributed by atoms with Gasteiger partial charge in [0.25, 0.3) is 11.5 Å². The normalized spacial score (nSPS) is 10.4. The smallest absolute Gasteiger partial charge is 0.294 e. The van der Waals surface area contributed by atoms with Gasteiger partial charge in [-0.05, 0) is 0 Å². The predicted molar refractivity (Wildman–Crippen MR) is 57.2 cm³/mol. The average Bonchev–Trinajstić information content (AvgIpc) is 2.68. The Balaban J connectivity index is 2.70. The van der Waals surface area contributed by atoms with Gasteiger partial charge in [0.15, 0.2) is 17.3 Å². The number of aromatic nitrogens is 4. The second kappa shape index (κ2) is 3.74. The summed E-state index contributed by atoms with van der Waals surface area (Å²) < 4.78 is 1.60. The highest BCUT2D eigenvalue weighted by molar-refractivity contribution is 5.93. The Kier molecular flexibility index (Phi) is 2.39. The molecule has 2 heterocycles. The van der Waals surface area contributed by atoms with Crippen molar-refractivity contribution in [2.45, 2.75) is 0 Å². The Labute approximate surface area is 94.8 Å². The maximum absolute atomic E-state index is 11.4. The van der Waals surface area contributed by atoms with Gasteiger partial charge in [-0.25, -0.2) is 9.97 Å². The van der Waals surface area contributed by atoms with Crippen LogP contribution in [0.2, 0.25) is 0 Å². The molecule has 4 N–H and O–H groups in total. The number of nitrogens with one attached hydrogen (secondary N) is 1. The van der Waals surface area contributed by atoms with Crippen molar-refractivity contribution >= 4 is 5.91 Å². The number of nitrogens with two attached hydrogens (primary N) is 1. The zero-order chi connectivity index (χ0) is 12.6. The summed E-state index contributed by atoms with van der Waals surface area (Å²) in [6, 6.07) is 0. The number of imidazole rings is 1. The molecule has 88 valence electrons. The molecule has 0 aliphatic heterocycles. The molecule has 0 bridgehead atoms. The van der Waals surface area contributed by atoms with Crippen LogP contribution in [-0.4, -0.2) is 30.5 Å². The van der Waals surface area contributed by atoms with Crippen molar-refractivity contribution in [3.05, 3.63) is 28.4 Å². The number of carbonyl (C=O) groups excluding carboxylic acids is 1. The molecular formula is C9H9N5O3. The van der Waals surface area contributed by atoms with Gasteiger partial charge in [0.1, 0.15) is 0 Å². The number of hydrogen-bond acceptors (Lipinski definition) is 5. The molecule has 17 heavy (non-hydrogen) atoms. The van der Waals surface area contributed by atoms with Gasteiger partial charge in [-0.3, -0.25) is 9.59 Å². The summed E-state index contributed by atoms with van der Waals surface area (Å²) in [6.07, 6.45) is 3.15. The summed E-state index contributed by atoms with van der Waals surface area (Å²) in [5, 5.41) is 9.32. The lowest BCUT2D eigenvalue weighted by molar-refractivity contribution is 0.0992. The van der Waals surface area contributed by atoms with Gasteiger partial charge in [0.2, 0.25) is 5.75 Å². The van der Waals surface area contributed by atoms with E-state index in [9.17, 15) is 14.7 Å². The lowest BCUT2D eigenvalue weighted by Gasteiger charge is -2.03. The van der Waals surface area contributed by atoms with E-state index in [1.165, 1.54) is 6.20 Å². The maximum atomic E-state index is 11.4. The van der Waals surface area contributed by atoms with Crippen LogP contribution in [0.15, 0.2) is 17.2 Å². The maximum Gasteiger partial charge on any atom is 0.294 e. The first-order valence-electron chi connectivity index (χ1n) is 4.61. The van der Waals surface area contributed by atoms with Crippen LogP contribution in [0.1, 0.15) is 10.5 Å². The van der Waals surface area contributed by atoms with Crippen molar-refractivity contribution in [2.24, 2.45) is 12.8 Å². The summed E-state index contributed by atoms with van der Waals surface area (Å²) in [5.74, 6) is -1.36. The summed E-state index contributed by atoms with van der Waals surface area (Å²) >= 11 is 0. The minimum atomic E-state index is -0.982. The highest BCUT2D eigenvalue weighted by Gasteiger charge is 2.17. The molecule has 2 aromatic rings. The van der Waals surface area contributed by atoms with Crippen LogP contribution in [0.4, 0.5) is 0 Å². The van der Waals surface area contributed by atoms with E-state index in [1.807, 2.05) is 0 Å². The van der Waals surface area contributed by atoms with Gasteiger partial charge in [0, 0.05) is 19.4 Å². The fourth-order valence-electron chi connectivity index (χ4n) is 1.34. The largest absolute Gasteiger partial charge is 0.501 e. The minimum Gasteiger partial charge on any atom is -0.501 e. The second-order valence-electron chi connectivity index (χ2n) is 3.34. The molecule has 0 radical (unpaired) electrons. The van der Waals surface area contributed by atoms with Gasteiger partial charge in [-0.15, -0.1) is 0 Å². The van der Waals surface area contributed by atoms with E-state index in [1.54, 1.807) is 17.8 Å². The molecule has 0 aliphatic rings. The van der Waals surface area contributed by atoms with E-state index in [0.717, 1.165) is 0 Å². The highest BCUT2D eigenvalue weighted by Crippen LogP contribution is 2.13. The van der Waals surface area contributed by atoms with Crippen LogP contribution in [0.5, 0.6) is 5.75 Å². The number of hydrogen-bond donors (Lipinski definition) is 3. The fourth-order valence-corrected chi connectivity index (χ4v) is 1.34. The molecule has 0 unspecified atom stereocenters. The molecule has 0 fully saturated rings. The Morgan fingerprint density at radius 2 is 2.29 bits per heavy atom. The van der Waals surface area contributed by atoms with E-state index in [0.29, 0.717) is 5.82 Å². The van der Waals surface area contributed by atoms with E-state index in [-0.39, 0.29) is 5.82 Å². The summed E-state index contributed by atoms with van der Waals surface area (Å²) in [7, 11) is 1.69. The first kappa shape index (κ1) is 10.9. The molecule has 2 rings (SSSR count). The van der Waals surface area contributed by atoms with Crippen LogP contribution in [0.3, 0.4) is 0 Å². The Bertz CT molecular complexity index is 642. The number of primary amides is 1. The van der Waals surface area contributed by atoms with Crippen LogP contribution < -0.4 is 11.3 Å². The molecule has 0 atom stereocenters. The van der Waals surface area contributed by atoms with E-state index >= 15 is 0 Å². The zero-order valence-electron chi connectivity index (χ0n) is 8.84. The standard InChI is InChI=1S/C9H9N5O3/c1-14-3-2-11-8(14)7-12-4(6(10)16)5(15)9(17)13-7/h2-3,15H,1H3,(H2,10,16)(H,12,13,17). The SMILES string of the molecule is Cn1ccnc1-c1nc(C(N)=O)c(O)c(=O)[nH]1. The van der Waals surface area contributed by atoms with Gasteiger partial charge >= 0.3 is 0 Å². The third kappa shape index (κ3) is 1.75. The van der Waals surface area contributed by atoms with Crippen molar-refractivity contribution in [2.75, 3.05) is 0 Å². The predicted octanol–water partition coefficient (Wildman–Crippen LogP) is -1.03. The number of amides is 1. The first-order chi connectivity index (χ1) is 8.00. The van der Waals surface area contributed by atoms with Crippen molar-refractivity contribution in [3.63, 3.8) is 0 Å². The molecule has 8 nitrogen and oxygen atoms in total. The first-order valence-corrected chi connectivity index (χ1v) is 4.61. The molecule has 1 amide bonds. The monoisotopic (exact) mass is 235 g/mol. The fraction of sp³-hybridized carbons (Fsp3) is 0.111. The summed E-state index contributed by atoms with van der Waals surface area (Å²) in [4.78, 5) is 32.4. The van der Waals surface area contributed by atoms with E-state index in [2.05, 4.69) is 15.0 Å². The number of aromatic amines is 1. The van der Waals surface area contributed by atoms with Gasteiger partial charge in [-0.1, -0.05) is 0 Å². The minimum absolute atomic E-state index is 0.0640. The van der Waals surface area contributed by atoms with Crippen molar-refractivity contribution in [1.82, 2.24) is 19.5 Å². The summed E-state index contributed by atoms with van der Waals surface area (Å²) in [5.41, 5.74) is 3.68. The van der Waals surface area contributed by atoms with Crippen molar-refractivity contribution in [1.29, 1.82) is 0 Å². The molecule has 0 aliphatic carbocycles. The molecule has 0 saturated carbocycles. The molecule has 2 aromatic heterocycles. The molecular weight excluding hydrogens is 226 g/mol. The molecule has 0 aromatic carbocycles. The number of aromatic hydroxyl groups is 1. The lowest BCUT2D eigenvalue weighted by atomic mass is 10.3. The average molecular weight is 235 g/mol. The van der Waals surface area contributed by atoms with Gasteiger partial charge in [-0.2, -0.15) is 0 Å². The van der Waals surface area contributed by atoms with Crippen LogP contribution in [0, 0.1) is 0 Å². The third-order valence-corrected chi connectivity index (χ3v) is 2.16. The Hall–Kier alpha value is -2.64.